The van der Waals surface area contributed by atoms with Gasteiger partial charge in [0.2, 0.25) is 17.7 Å². The van der Waals surface area contributed by atoms with Crippen molar-refractivity contribution in [2.24, 2.45) is 18.7 Å². The second-order valence-corrected chi connectivity index (χ2v) is 21.1. The molecule has 0 unspecified atom stereocenters. The van der Waals surface area contributed by atoms with Crippen molar-refractivity contribution in [3.8, 4) is 22.6 Å². The Morgan fingerprint density at radius 2 is 1.65 bits per heavy atom. The zero-order valence-corrected chi connectivity index (χ0v) is 42.8. The number of carbonyl (C=O) groups is 4. The van der Waals surface area contributed by atoms with Gasteiger partial charge >= 0.3 is 6.03 Å². The zero-order valence-electron chi connectivity index (χ0n) is 42.1. The number of urea groups is 1. The predicted octanol–water partition coefficient (Wildman–Crippen LogP) is 8.17. The van der Waals surface area contributed by atoms with Gasteiger partial charge in [-0.15, -0.1) is 0 Å². The first-order chi connectivity index (χ1) is 36.0. The Hall–Kier alpha value is -6.28. The number of benzene rings is 4. The van der Waals surface area contributed by atoms with E-state index in [4.69, 9.17) is 26.8 Å². The number of fused-ring (bicyclic) bond motifs is 2. The van der Waals surface area contributed by atoms with E-state index in [1.54, 1.807) is 7.05 Å². The molecule has 20 heteroatoms. The Labute approximate surface area is 436 Å². The molecule has 0 radical (unpaired) electrons. The van der Waals surface area contributed by atoms with Crippen molar-refractivity contribution in [3.63, 3.8) is 0 Å². The molecule has 398 valence electrons. The largest absolute Gasteiger partial charge is 0.488 e. The van der Waals surface area contributed by atoms with Gasteiger partial charge in [-0.1, -0.05) is 48.9 Å². The molecular weight excluding hydrogens is 996 g/mol. The molecule has 5 amide bonds. The van der Waals surface area contributed by atoms with Crippen LogP contribution in [0.15, 0.2) is 54.6 Å². The Bertz CT molecular complexity index is 3060. The highest BCUT2D eigenvalue weighted by Crippen LogP contribution is 2.57. The molecule has 15 nitrogen and oxygen atoms in total. The third-order valence-electron chi connectivity index (χ3n) is 16.5. The lowest BCUT2D eigenvalue weighted by atomic mass is 9.77. The topological polar surface area (TPSA) is 185 Å². The van der Waals surface area contributed by atoms with Crippen molar-refractivity contribution in [1.29, 1.82) is 0 Å². The summed E-state index contributed by atoms with van der Waals surface area (Å²) in [6.07, 6.45) is 5.53. The van der Waals surface area contributed by atoms with Crippen LogP contribution in [0.5, 0.6) is 11.5 Å². The number of aromatic nitrogens is 2. The Balaban J connectivity index is 0.766. The fourth-order valence-electron chi connectivity index (χ4n) is 12.7. The highest BCUT2D eigenvalue weighted by Gasteiger charge is 2.50. The van der Waals surface area contributed by atoms with Crippen LogP contribution < -0.4 is 30.7 Å². The molecule has 5 aromatic rings. The summed E-state index contributed by atoms with van der Waals surface area (Å²) in [5, 5.41) is 19.5. The lowest BCUT2D eigenvalue weighted by Crippen LogP contribution is -2.53. The van der Waals surface area contributed by atoms with Crippen LogP contribution in [-0.4, -0.2) is 113 Å². The van der Waals surface area contributed by atoms with Crippen LogP contribution in [0.4, 0.5) is 28.2 Å². The number of nitrogens with two attached hydrogens (primary N) is 1. The number of rotatable bonds is 13. The van der Waals surface area contributed by atoms with Crippen LogP contribution in [-0.2, 0) is 22.2 Å². The van der Waals surface area contributed by atoms with Crippen LogP contribution in [0, 0.1) is 29.2 Å². The summed E-state index contributed by atoms with van der Waals surface area (Å²) in [4.78, 5) is 56.9. The number of amides is 5. The molecule has 0 spiro atoms. The van der Waals surface area contributed by atoms with Crippen molar-refractivity contribution in [1.82, 2.24) is 30.2 Å². The number of hydrogen-bond donors (Lipinski definition) is 4. The van der Waals surface area contributed by atoms with Gasteiger partial charge in [-0.25, -0.2) is 22.4 Å². The minimum Gasteiger partial charge on any atom is -0.488 e. The standard InChI is InChI=1S/C55H61ClF4N8O7/c1-29-25-32(44-38(57)26-37-50(49(44)60)65(3)64-52(37)68-22-18-42(70)63-54(68)73)15-21-67(29)35-16-19-66(20-17-35)53(72)31-9-11-34(12-10-31)62-28-55(33-7-5-4-6-8-33)30(2)43-41(75-55)27-39(58)47(56)46(43)45-36(51(61)71)13-14-40(48(45)59)74-24-23-69/h4-8,13-14,26-27,29-32,34-35,62,69H,9-12,15-25,28H2,1-3H3,(H2,61,71)(H,63,70,73)/t29-,30-,31?,32-,34?,55-/m0/s1. The molecule has 1 saturated carbocycles. The average molecular weight is 1060 g/mol. The number of nitrogens with one attached hydrogen (secondary N) is 2. The van der Waals surface area contributed by atoms with Crippen LogP contribution in [0.3, 0.4) is 0 Å². The molecular formula is C55H61ClF4N8O7. The first kappa shape index (κ1) is 52.2. The molecule has 1 aliphatic carbocycles. The molecule has 3 saturated heterocycles. The summed E-state index contributed by atoms with van der Waals surface area (Å²) >= 11 is 6.72. The summed E-state index contributed by atoms with van der Waals surface area (Å²) in [6, 6.07) is 14.0. The van der Waals surface area contributed by atoms with Gasteiger partial charge in [-0.3, -0.25) is 34.2 Å². The van der Waals surface area contributed by atoms with Gasteiger partial charge in [-0.2, -0.15) is 5.10 Å². The van der Waals surface area contributed by atoms with Gasteiger partial charge in [0.15, 0.2) is 28.8 Å². The van der Waals surface area contributed by atoms with E-state index in [1.165, 1.54) is 33.8 Å². The molecule has 75 heavy (non-hydrogen) atoms. The number of aliphatic hydroxyl groups excluding tert-OH is 1. The number of nitrogens with zero attached hydrogens (tertiary/aromatic N) is 5. The van der Waals surface area contributed by atoms with Crippen molar-refractivity contribution in [3.05, 3.63) is 105 Å². The average Bonchev–Trinajstić information content (AvgIpc) is 3.87. The van der Waals surface area contributed by atoms with Crippen LogP contribution >= 0.6 is 11.6 Å². The highest BCUT2D eigenvalue weighted by atomic mass is 35.5. The fourth-order valence-corrected chi connectivity index (χ4v) is 12.9. The van der Waals surface area contributed by atoms with E-state index >= 15 is 17.6 Å². The van der Waals surface area contributed by atoms with Crippen molar-refractivity contribution < 1.29 is 51.3 Å². The Morgan fingerprint density at radius 3 is 2.33 bits per heavy atom. The SMILES string of the molecule is C[C@H]1C[C@@H](c2c(F)cc3c(N4CCC(=O)NC4=O)nn(C)c3c2F)CCN1C1CCN(C(=O)C2CCC(NC[C@]3(c4ccccc4)Oc4cc(F)c(Cl)c(-c5c(C(N)=O)ccc(OCCO)c5F)c4[C@@H]3C)CC2)CC1. The Kier molecular flexibility index (Phi) is 14.6. The summed E-state index contributed by atoms with van der Waals surface area (Å²) in [5.74, 6) is -5.61. The van der Waals surface area contributed by atoms with Gasteiger partial charge in [-0.05, 0) is 94.5 Å². The number of imide groups is 1. The van der Waals surface area contributed by atoms with Gasteiger partial charge in [0.05, 0.1) is 22.6 Å². The van der Waals surface area contributed by atoms with E-state index in [9.17, 15) is 24.3 Å². The first-order valence-electron chi connectivity index (χ1n) is 25.9. The van der Waals surface area contributed by atoms with Crippen molar-refractivity contribution in [2.45, 2.75) is 107 Å². The zero-order chi connectivity index (χ0) is 53.0. The van der Waals surface area contributed by atoms with Gasteiger partial charge in [0, 0.05) is 97.9 Å². The number of hydrogen-bond acceptors (Lipinski definition) is 10. The van der Waals surface area contributed by atoms with Crippen LogP contribution in [0.25, 0.3) is 22.0 Å². The minimum atomic E-state index is -1.14. The summed E-state index contributed by atoms with van der Waals surface area (Å²) in [7, 11) is 1.56. The number of aliphatic hydroxyl groups is 1. The number of halogens is 5. The molecule has 10 rings (SSSR count). The second-order valence-electron chi connectivity index (χ2n) is 20.8. The van der Waals surface area contributed by atoms with Gasteiger partial charge in [0.1, 0.15) is 29.5 Å². The normalized spacial score (nSPS) is 24.6. The number of likely N-dealkylation sites (tertiary alicyclic amines) is 2. The molecule has 4 aliphatic heterocycles. The highest BCUT2D eigenvalue weighted by molar-refractivity contribution is 6.34. The van der Waals surface area contributed by atoms with E-state index in [0.29, 0.717) is 50.9 Å². The van der Waals surface area contributed by atoms with Crippen molar-refractivity contribution >= 4 is 52.1 Å². The van der Waals surface area contributed by atoms with Crippen LogP contribution in [0.1, 0.15) is 111 Å². The lowest BCUT2D eigenvalue weighted by molar-refractivity contribution is -0.138. The molecule has 5 N–H and O–H groups in total. The minimum absolute atomic E-state index is 0.0182. The van der Waals surface area contributed by atoms with Crippen molar-refractivity contribution in [2.75, 3.05) is 50.8 Å². The maximum Gasteiger partial charge on any atom is 0.329 e. The second kappa shape index (κ2) is 21.0. The number of carbonyl (C=O) groups excluding carboxylic acids is 4. The van der Waals surface area contributed by atoms with E-state index in [-0.39, 0.29) is 112 Å². The number of aryl methyl sites for hydroxylation is 1. The van der Waals surface area contributed by atoms with E-state index in [1.807, 2.05) is 42.2 Å². The summed E-state index contributed by atoms with van der Waals surface area (Å²) in [5.41, 5.74) is 5.27. The third-order valence-corrected chi connectivity index (χ3v) is 16.9. The monoisotopic (exact) mass is 1060 g/mol. The molecule has 4 aromatic carbocycles. The maximum absolute atomic E-state index is 16.5. The quantitative estimate of drug-likeness (QED) is 0.0840. The first-order valence-corrected chi connectivity index (χ1v) is 26.3. The van der Waals surface area contributed by atoms with Gasteiger partial charge < -0.3 is 30.5 Å². The molecule has 5 aliphatic rings. The number of anilines is 1. The maximum atomic E-state index is 16.5. The summed E-state index contributed by atoms with van der Waals surface area (Å²) in [6.45, 7) is 5.55. The summed E-state index contributed by atoms with van der Waals surface area (Å²) < 4.78 is 78.4. The van der Waals surface area contributed by atoms with E-state index in [2.05, 4.69) is 27.6 Å². The van der Waals surface area contributed by atoms with E-state index in [0.717, 1.165) is 31.2 Å². The lowest BCUT2D eigenvalue weighted by Gasteiger charge is -2.46. The molecule has 5 heterocycles. The molecule has 0 bridgehead atoms. The number of piperidine rings is 2. The number of primary amides is 1. The van der Waals surface area contributed by atoms with Gasteiger partial charge in [0.25, 0.3) is 0 Å². The molecule has 1 aromatic heterocycles. The smallest absolute Gasteiger partial charge is 0.329 e. The molecule has 4 atom stereocenters. The Morgan fingerprint density at radius 1 is 0.920 bits per heavy atom. The fraction of sp³-hybridized carbons (Fsp3) is 0.473. The molecule has 4 fully saturated rings. The van der Waals surface area contributed by atoms with Crippen LogP contribution in [0.2, 0.25) is 5.02 Å². The number of ether oxygens (including phenoxy) is 2. The predicted molar refractivity (Wildman–Crippen MR) is 273 cm³/mol. The third kappa shape index (κ3) is 9.47. The van der Waals surface area contributed by atoms with E-state index < -0.39 is 64.3 Å².